The van der Waals surface area contributed by atoms with Crippen LogP contribution in [0, 0.1) is 11.3 Å². The van der Waals surface area contributed by atoms with Crippen LogP contribution in [0.15, 0.2) is 0 Å². The van der Waals surface area contributed by atoms with Crippen LogP contribution in [0.5, 0.6) is 0 Å². The van der Waals surface area contributed by atoms with Crippen molar-refractivity contribution in [1.82, 2.24) is 26.6 Å². The highest BCUT2D eigenvalue weighted by Gasteiger charge is 2.26. The van der Waals surface area contributed by atoms with Crippen LogP contribution in [-0.2, 0) is 23.9 Å². The molecule has 33 heavy (non-hydrogen) atoms. The van der Waals surface area contributed by atoms with Gasteiger partial charge >= 0.3 is 6.09 Å². The van der Waals surface area contributed by atoms with E-state index in [1.54, 1.807) is 20.8 Å². The van der Waals surface area contributed by atoms with Gasteiger partial charge in [-0.25, -0.2) is 4.79 Å². The molecule has 5 amide bonds. The molecule has 0 radical (unpaired) electrons. The minimum Gasteiger partial charge on any atom is -0.449 e. The SMILES string of the molecule is CCC(=O)NCCC(=O)NC(C(=O)N[C@@H](C)C(=O)NCCNC(=O)OCC(C)(C)C)C(C)C. The maximum absolute atomic E-state index is 12.6. The summed E-state index contributed by atoms with van der Waals surface area (Å²) >= 11 is 0. The number of carbonyl (C=O) groups is 5. The van der Waals surface area contributed by atoms with Gasteiger partial charge in [0.2, 0.25) is 23.6 Å². The number of ether oxygens (including phenoxy) is 1. The van der Waals surface area contributed by atoms with Crippen LogP contribution >= 0.6 is 0 Å². The van der Waals surface area contributed by atoms with Gasteiger partial charge in [-0.2, -0.15) is 0 Å². The Morgan fingerprint density at radius 3 is 1.94 bits per heavy atom. The van der Waals surface area contributed by atoms with Crippen molar-refractivity contribution in [1.29, 1.82) is 0 Å². The van der Waals surface area contributed by atoms with E-state index in [0.717, 1.165) is 0 Å². The van der Waals surface area contributed by atoms with Gasteiger partial charge in [-0.05, 0) is 18.3 Å². The van der Waals surface area contributed by atoms with E-state index in [0.29, 0.717) is 6.42 Å². The molecule has 2 atom stereocenters. The molecule has 1 unspecified atom stereocenters. The Bertz CT molecular complexity index is 675. The molecular weight excluding hydrogens is 430 g/mol. The van der Waals surface area contributed by atoms with Gasteiger partial charge in [0.15, 0.2) is 0 Å². The smallest absolute Gasteiger partial charge is 0.407 e. The lowest BCUT2D eigenvalue weighted by atomic mass is 9.99. The van der Waals surface area contributed by atoms with E-state index in [-0.39, 0.29) is 55.8 Å². The number of hydrogen-bond donors (Lipinski definition) is 5. The number of amides is 5. The van der Waals surface area contributed by atoms with E-state index in [4.69, 9.17) is 4.74 Å². The van der Waals surface area contributed by atoms with Crippen molar-refractivity contribution in [3.8, 4) is 0 Å². The highest BCUT2D eigenvalue weighted by atomic mass is 16.5. The van der Waals surface area contributed by atoms with Gasteiger partial charge in [-0.15, -0.1) is 0 Å². The van der Waals surface area contributed by atoms with Gasteiger partial charge < -0.3 is 31.3 Å². The van der Waals surface area contributed by atoms with Crippen LogP contribution < -0.4 is 26.6 Å². The summed E-state index contributed by atoms with van der Waals surface area (Å²) in [5.41, 5.74) is -0.141. The zero-order valence-corrected chi connectivity index (χ0v) is 20.9. The Hall–Kier alpha value is -2.85. The predicted molar refractivity (Wildman–Crippen MR) is 124 cm³/mol. The summed E-state index contributed by atoms with van der Waals surface area (Å²) in [7, 11) is 0. The minimum atomic E-state index is -0.840. The molecule has 0 aromatic rings. The van der Waals surface area contributed by atoms with Gasteiger partial charge in [-0.3, -0.25) is 19.2 Å². The molecule has 0 aliphatic heterocycles. The molecule has 0 fully saturated rings. The van der Waals surface area contributed by atoms with E-state index in [1.165, 1.54) is 6.92 Å². The molecule has 11 nitrogen and oxygen atoms in total. The van der Waals surface area contributed by atoms with Gasteiger partial charge in [0.05, 0.1) is 6.61 Å². The van der Waals surface area contributed by atoms with Crippen molar-refractivity contribution in [2.45, 2.75) is 73.4 Å². The van der Waals surface area contributed by atoms with Crippen molar-refractivity contribution in [2.75, 3.05) is 26.2 Å². The topological polar surface area (TPSA) is 155 Å². The zero-order chi connectivity index (χ0) is 25.6. The van der Waals surface area contributed by atoms with Crippen LogP contribution in [0.3, 0.4) is 0 Å². The van der Waals surface area contributed by atoms with E-state index in [9.17, 15) is 24.0 Å². The number of carbonyl (C=O) groups excluding carboxylic acids is 5. The maximum atomic E-state index is 12.6. The summed E-state index contributed by atoms with van der Waals surface area (Å²) in [5, 5.41) is 13.0. The number of hydrogen-bond acceptors (Lipinski definition) is 6. The Labute approximate surface area is 196 Å². The zero-order valence-electron chi connectivity index (χ0n) is 20.9. The molecule has 190 valence electrons. The molecule has 11 heteroatoms. The molecule has 5 N–H and O–H groups in total. The maximum Gasteiger partial charge on any atom is 0.407 e. The number of nitrogens with one attached hydrogen (secondary N) is 5. The normalized spacial score (nSPS) is 12.8. The van der Waals surface area contributed by atoms with Crippen molar-refractivity contribution < 1.29 is 28.7 Å². The first-order valence-corrected chi connectivity index (χ1v) is 11.3. The van der Waals surface area contributed by atoms with Crippen molar-refractivity contribution in [3.63, 3.8) is 0 Å². The largest absolute Gasteiger partial charge is 0.449 e. The summed E-state index contributed by atoms with van der Waals surface area (Å²) in [4.78, 5) is 59.8. The first kappa shape index (κ1) is 30.1. The summed E-state index contributed by atoms with van der Waals surface area (Å²) in [6.07, 6.45) is -0.190. The molecule has 0 bridgehead atoms. The third kappa shape index (κ3) is 14.8. The molecule has 0 aliphatic carbocycles. The van der Waals surface area contributed by atoms with Gasteiger partial charge in [0, 0.05) is 32.5 Å². The fraction of sp³-hybridized carbons (Fsp3) is 0.773. The second-order valence-electron chi connectivity index (χ2n) is 9.33. The van der Waals surface area contributed by atoms with Crippen LogP contribution in [-0.4, -0.2) is 68.0 Å². The third-order valence-corrected chi connectivity index (χ3v) is 4.34. The first-order valence-electron chi connectivity index (χ1n) is 11.3. The van der Waals surface area contributed by atoms with Crippen molar-refractivity contribution in [2.24, 2.45) is 11.3 Å². The van der Waals surface area contributed by atoms with E-state index in [2.05, 4.69) is 26.6 Å². The molecular formula is C22H41N5O6. The van der Waals surface area contributed by atoms with Gasteiger partial charge in [0.1, 0.15) is 12.1 Å². The fourth-order valence-corrected chi connectivity index (χ4v) is 2.43. The Kier molecular flexibility index (Phi) is 13.8. The van der Waals surface area contributed by atoms with Gasteiger partial charge in [-0.1, -0.05) is 41.5 Å². The number of alkyl carbamates (subject to hydrolysis) is 1. The number of rotatable bonds is 13. The van der Waals surface area contributed by atoms with Crippen LogP contribution in [0.1, 0.15) is 61.3 Å². The highest BCUT2D eigenvalue weighted by molar-refractivity contribution is 5.92. The molecule has 0 saturated heterocycles. The highest BCUT2D eigenvalue weighted by Crippen LogP contribution is 2.12. The summed E-state index contributed by atoms with van der Waals surface area (Å²) in [5.74, 6) is -1.65. The molecule has 0 saturated carbocycles. The van der Waals surface area contributed by atoms with E-state index in [1.807, 2.05) is 20.8 Å². The summed E-state index contributed by atoms with van der Waals surface area (Å²) in [6, 6.07) is -1.67. The van der Waals surface area contributed by atoms with Crippen LogP contribution in [0.2, 0.25) is 0 Å². The van der Waals surface area contributed by atoms with Crippen molar-refractivity contribution in [3.05, 3.63) is 0 Å². The monoisotopic (exact) mass is 471 g/mol. The lowest BCUT2D eigenvalue weighted by Crippen LogP contribution is -2.55. The third-order valence-electron chi connectivity index (χ3n) is 4.34. The quantitative estimate of drug-likeness (QED) is 0.246. The average Bonchev–Trinajstić information content (AvgIpc) is 2.72. The second-order valence-corrected chi connectivity index (χ2v) is 9.33. The second kappa shape index (κ2) is 15.1. The lowest BCUT2D eigenvalue weighted by molar-refractivity contribution is -0.132. The van der Waals surface area contributed by atoms with Crippen molar-refractivity contribution >= 4 is 29.7 Å². The lowest BCUT2D eigenvalue weighted by Gasteiger charge is -2.24. The summed E-state index contributed by atoms with van der Waals surface area (Å²) in [6.45, 7) is 13.4. The molecule has 0 aromatic heterocycles. The van der Waals surface area contributed by atoms with Crippen LogP contribution in [0.25, 0.3) is 0 Å². The Morgan fingerprint density at radius 1 is 0.788 bits per heavy atom. The average molecular weight is 472 g/mol. The van der Waals surface area contributed by atoms with Gasteiger partial charge in [0.25, 0.3) is 0 Å². The van der Waals surface area contributed by atoms with Crippen LogP contribution in [0.4, 0.5) is 4.79 Å². The fourth-order valence-electron chi connectivity index (χ4n) is 2.43. The molecule has 0 aliphatic rings. The summed E-state index contributed by atoms with van der Waals surface area (Å²) < 4.78 is 5.06. The molecule has 0 spiro atoms. The predicted octanol–water partition coefficient (Wildman–Crippen LogP) is 0.437. The standard InChI is InChI=1S/C22H41N5O6/c1-8-16(28)23-10-9-17(29)27-18(14(2)3)20(31)26-15(4)19(30)24-11-12-25-21(32)33-13-22(5,6)7/h14-15,18H,8-13H2,1-7H3,(H,23,28)(H,24,30)(H,25,32)(H,26,31)(H,27,29)/t15-,18?/m0/s1. The molecule has 0 rings (SSSR count). The molecule has 0 heterocycles. The van der Waals surface area contributed by atoms with E-state index < -0.39 is 30.0 Å². The Balaban J connectivity index is 4.40. The van der Waals surface area contributed by atoms with E-state index >= 15 is 0 Å². The Morgan fingerprint density at radius 2 is 1.39 bits per heavy atom. The minimum absolute atomic E-state index is 0.0451. The first-order chi connectivity index (χ1) is 15.3. The molecule has 0 aromatic carbocycles.